The summed E-state index contributed by atoms with van der Waals surface area (Å²) in [4.78, 5) is 12.3. The number of anilines is 1. The van der Waals surface area contributed by atoms with Crippen LogP contribution in [0.4, 0.5) is 10.2 Å². The molecule has 0 spiro atoms. The van der Waals surface area contributed by atoms with Gasteiger partial charge >= 0.3 is 0 Å². The van der Waals surface area contributed by atoms with Gasteiger partial charge in [0.05, 0.1) is 17.2 Å². The van der Waals surface area contributed by atoms with Gasteiger partial charge in [0.1, 0.15) is 17.5 Å². The highest BCUT2D eigenvalue weighted by molar-refractivity contribution is 5.83. The van der Waals surface area contributed by atoms with Crippen LogP contribution in [0.25, 0.3) is 28.1 Å². The zero-order valence-corrected chi connectivity index (χ0v) is 14.3. The number of H-pyrrole nitrogens is 1. The third-order valence-corrected chi connectivity index (χ3v) is 4.16. The number of aryl methyl sites for hydroxylation is 1. The summed E-state index contributed by atoms with van der Waals surface area (Å²) in [5.74, 6) is 1.16. The van der Waals surface area contributed by atoms with Gasteiger partial charge in [-0.3, -0.25) is 0 Å². The Morgan fingerprint density at radius 3 is 2.54 bits per heavy atom. The van der Waals surface area contributed by atoms with Gasteiger partial charge in [-0.05, 0) is 24.6 Å². The summed E-state index contributed by atoms with van der Waals surface area (Å²) in [5, 5.41) is 3.14. The smallest absolute Gasteiger partial charge is 0.138 e. The van der Waals surface area contributed by atoms with E-state index in [0.717, 1.165) is 28.0 Å². The molecule has 0 aliphatic rings. The number of pyridine rings is 1. The summed E-state index contributed by atoms with van der Waals surface area (Å²) >= 11 is 0. The lowest BCUT2D eigenvalue weighted by molar-refractivity contribution is 0.627. The van der Waals surface area contributed by atoms with E-state index in [1.165, 1.54) is 17.7 Å². The van der Waals surface area contributed by atoms with Crippen molar-refractivity contribution < 1.29 is 4.39 Å². The molecule has 4 rings (SSSR count). The van der Waals surface area contributed by atoms with E-state index < -0.39 is 0 Å². The second-order valence-electron chi connectivity index (χ2n) is 6.15. The van der Waals surface area contributed by atoms with Gasteiger partial charge < -0.3 is 10.3 Å². The SMILES string of the molecule is C=C(Nc1cc2nc(-c3ccc(C)cc3)[nH]c2cn1)c1ccc(F)cc1. The van der Waals surface area contributed by atoms with Crippen LogP contribution in [0.5, 0.6) is 0 Å². The van der Waals surface area contributed by atoms with Crippen molar-refractivity contribution in [3.05, 3.63) is 84.3 Å². The minimum atomic E-state index is -0.277. The molecule has 0 radical (unpaired) electrons. The maximum absolute atomic E-state index is 13.0. The van der Waals surface area contributed by atoms with Crippen molar-refractivity contribution in [2.45, 2.75) is 6.92 Å². The van der Waals surface area contributed by atoms with Gasteiger partial charge in [-0.1, -0.05) is 48.5 Å². The van der Waals surface area contributed by atoms with Crippen LogP contribution < -0.4 is 5.32 Å². The summed E-state index contributed by atoms with van der Waals surface area (Å²) in [6, 6.07) is 16.2. The van der Waals surface area contributed by atoms with Gasteiger partial charge in [0.15, 0.2) is 0 Å². The molecule has 0 unspecified atom stereocenters. The third kappa shape index (κ3) is 3.19. The molecule has 0 bridgehead atoms. The average Bonchev–Trinajstić information content (AvgIpc) is 3.06. The molecule has 0 atom stereocenters. The molecule has 2 heterocycles. The molecule has 5 heteroatoms. The number of fused-ring (bicyclic) bond motifs is 1. The van der Waals surface area contributed by atoms with Crippen molar-refractivity contribution in [3.63, 3.8) is 0 Å². The molecule has 0 amide bonds. The monoisotopic (exact) mass is 344 g/mol. The van der Waals surface area contributed by atoms with Crippen LogP contribution in [-0.4, -0.2) is 15.0 Å². The topological polar surface area (TPSA) is 53.6 Å². The molecule has 0 aliphatic heterocycles. The number of halogens is 1. The number of imidazole rings is 1. The van der Waals surface area contributed by atoms with E-state index in [4.69, 9.17) is 0 Å². The predicted octanol–water partition coefficient (Wildman–Crippen LogP) is 5.16. The van der Waals surface area contributed by atoms with Crippen LogP contribution >= 0.6 is 0 Å². The molecule has 4 nitrogen and oxygen atoms in total. The number of nitrogens with zero attached hydrogens (tertiary/aromatic N) is 2. The number of rotatable bonds is 4. The second-order valence-corrected chi connectivity index (χ2v) is 6.15. The molecule has 2 N–H and O–H groups in total. The Bertz CT molecular complexity index is 1080. The van der Waals surface area contributed by atoms with E-state index in [-0.39, 0.29) is 5.82 Å². The van der Waals surface area contributed by atoms with Crippen molar-refractivity contribution >= 4 is 22.5 Å². The molecule has 0 fully saturated rings. The van der Waals surface area contributed by atoms with Gasteiger partial charge in [0.25, 0.3) is 0 Å². The Balaban J connectivity index is 1.60. The van der Waals surface area contributed by atoms with Crippen molar-refractivity contribution in [2.24, 2.45) is 0 Å². The lowest BCUT2D eigenvalue weighted by Crippen LogP contribution is -1.99. The Hall–Kier alpha value is -3.47. The van der Waals surface area contributed by atoms with Gasteiger partial charge in [-0.2, -0.15) is 0 Å². The maximum atomic E-state index is 13.0. The van der Waals surface area contributed by atoms with Crippen LogP contribution in [0.2, 0.25) is 0 Å². The molecule has 2 aromatic heterocycles. The zero-order chi connectivity index (χ0) is 18.1. The molecule has 4 aromatic rings. The van der Waals surface area contributed by atoms with Crippen molar-refractivity contribution in [3.8, 4) is 11.4 Å². The normalized spacial score (nSPS) is 10.8. The Morgan fingerprint density at radius 1 is 1.08 bits per heavy atom. The Morgan fingerprint density at radius 2 is 1.81 bits per heavy atom. The van der Waals surface area contributed by atoms with Crippen molar-refractivity contribution in [1.29, 1.82) is 0 Å². The number of benzene rings is 2. The van der Waals surface area contributed by atoms with Gasteiger partial charge in [-0.25, -0.2) is 14.4 Å². The minimum Gasteiger partial charge on any atom is -0.340 e. The highest BCUT2D eigenvalue weighted by Crippen LogP contribution is 2.23. The molecular weight excluding hydrogens is 327 g/mol. The van der Waals surface area contributed by atoms with Crippen LogP contribution in [-0.2, 0) is 0 Å². The molecular formula is C21H17FN4. The fourth-order valence-electron chi connectivity index (χ4n) is 2.70. The van der Waals surface area contributed by atoms with Gasteiger partial charge in [0.2, 0.25) is 0 Å². The molecule has 0 aliphatic carbocycles. The van der Waals surface area contributed by atoms with E-state index in [0.29, 0.717) is 11.5 Å². The third-order valence-electron chi connectivity index (χ3n) is 4.16. The lowest BCUT2D eigenvalue weighted by Gasteiger charge is -2.08. The first-order valence-electron chi connectivity index (χ1n) is 8.23. The summed E-state index contributed by atoms with van der Waals surface area (Å²) in [6.07, 6.45) is 1.74. The van der Waals surface area contributed by atoms with Crippen molar-refractivity contribution in [2.75, 3.05) is 5.32 Å². The lowest BCUT2D eigenvalue weighted by atomic mass is 10.1. The quantitative estimate of drug-likeness (QED) is 0.538. The molecule has 26 heavy (non-hydrogen) atoms. The minimum absolute atomic E-state index is 0.277. The van der Waals surface area contributed by atoms with E-state index in [9.17, 15) is 4.39 Å². The van der Waals surface area contributed by atoms with E-state index in [1.54, 1.807) is 18.3 Å². The standard InChI is InChI=1S/C21H17FN4/c1-13-3-5-16(6-4-13)21-25-18-11-20(23-12-19(18)26-21)24-14(2)15-7-9-17(22)10-8-15/h3-12H,2H2,1H3,(H,23,24)(H,25,26). The van der Waals surface area contributed by atoms with Crippen molar-refractivity contribution in [1.82, 2.24) is 15.0 Å². The summed E-state index contributed by atoms with van der Waals surface area (Å²) in [6.45, 7) is 6.04. The predicted molar refractivity (Wildman–Crippen MR) is 103 cm³/mol. The Kier molecular flexibility index (Phi) is 3.97. The highest BCUT2D eigenvalue weighted by atomic mass is 19.1. The Labute approximate surface area is 150 Å². The number of aromatic nitrogens is 3. The number of nitrogens with one attached hydrogen (secondary N) is 2. The van der Waals surface area contributed by atoms with Crippen LogP contribution in [0.15, 0.2) is 67.4 Å². The zero-order valence-electron chi connectivity index (χ0n) is 14.3. The van der Waals surface area contributed by atoms with Crippen LogP contribution in [0.3, 0.4) is 0 Å². The number of hydrogen-bond donors (Lipinski definition) is 2. The summed E-state index contributed by atoms with van der Waals surface area (Å²) < 4.78 is 13.0. The largest absolute Gasteiger partial charge is 0.340 e. The first-order valence-corrected chi connectivity index (χ1v) is 8.23. The van der Waals surface area contributed by atoms with Gasteiger partial charge in [-0.15, -0.1) is 0 Å². The fourth-order valence-corrected chi connectivity index (χ4v) is 2.70. The maximum Gasteiger partial charge on any atom is 0.138 e. The average molecular weight is 344 g/mol. The number of hydrogen-bond acceptors (Lipinski definition) is 3. The van der Waals surface area contributed by atoms with Gasteiger partial charge in [0, 0.05) is 17.3 Å². The highest BCUT2D eigenvalue weighted by Gasteiger charge is 2.08. The van der Waals surface area contributed by atoms with E-state index >= 15 is 0 Å². The second kappa shape index (κ2) is 6.44. The fraction of sp³-hybridized carbons (Fsp3) is 0.0476. The molecule has 2 aromatic carbocycles. The van der Waals surface area contributed by atoms with Crippen LogP contribution in [0, 0.1) is 12.7 Å². The summed E-state index contributed by atoms with van der Waals surface area (Å²) in [7, 11) is 0. The number of aromatic amines is 1. The van der Waals surface area contributed by atoms with E-state index in [1.807, 2.05) is 18.2 Å². The molecule has 0 saturated heterocycles. The molecule has 0 saturated carbocycles. The van der Waals surface area contributed by atoms with E-state index in [2.05, 4.69) is 45.9 Å². The molecule has 128 valence electrons. The first-order chi connectivity index (χ1) is 12.6. The first kappa shape index (κ1) is 16.0. The van der Waals surface area contributed by atoms with Crippen LogP contribution in [0.1, 0.15) is 11.1 Å². The summed E-state index contributed by atoms with van der Waals surface area (Å²) in [5.41, 5.74) is 5.35.